The Morgan fingerprint density at radius 1 is 0.778 bits per heavy atom. The summed E-state index contributed by atoms with van der Waals surface area (Å²) >= 11 is 5.91. The average Bonchev–Trinajstić information content (AvgIpc) is 2.69. The molecule has 0 aromatic heterocycles. The van der Waals surface area contributed by atoms with E-state index in [4.69, 9.17) is 11.6 Å². The maximum absolute atomic E-state index is 12.2. The highest BCUT2D eigenvalue weighted by Crippen LogP contribution is 2.17. The van der Waals surface area contributed by atoms with Crippen LogP contribution in [0.15, 0.2) is 78.9 Å². The van der Waals surface area contributed by atoms with Gasteiger partial charge in [0, 0.05) is 28.4 Å². The molecule has 0 spiro atoms. The van der Waals surface area contributed by atoms with Crippen LogP contribution in [0.25, 0.3) is 0 Å². The van der Waals surface area contributed by atoms with Crippen molar-refractivity contribution in [2.24, 2.45) is 0 Å². The zero-order valence-electron chi connectivity index (χ0n) is 14.6. The molecule has 0 unspecified atom stereocenters. The van der Waals surface area contributed by atoms with E-state index in [0.29, 0.717) is 34.8 Å². The van der Waals surface area contributed by atoms with Crippen LogP contribution < -0.4 is 10.6 Å². The Hall–Kier alpha value is -3.11. The molecule has 3 aromatic carbocycles. The summed E-state index contributed by atoms with van der Waals surface area (Å²) in [5.74, 6) is -0.285. The van der Waals surface area contributed by atoms with Crippen LogP contribution >= 0.6 is 11.6 Å². The van der Waals surface area contributed by atoms with Crippen LogP contribution in [0.1, 0.15) is 22.3 Å². The summed E-state index contributed by atoms with van der Waals surface area (Å²) in [5, 5.41) is 6.18. The molecular formula is C22H19ClN2O2. The predicted molar refractivity (Wildman–Crippen MR) is 109 cm³/mol. The summed E-state index contributed by atoms with van der Waals surface area (Å²) in [6, 6.07) is 23.6. The summed E-state index contributed by atoms with van der Waals surface area (Å²) in [4.78, 5) is 24.3. The van der Waals surface area contributed by atoms with Gasteiger partial charge in [-0.05, 0) is 54.4 Å². The minimum absolute atomic E-state index is 0.0467. The van der Waals surface area contributed by atoms with Gasteiger partial charge in [-0.2, -0.15) is 0 Å². The second kappa shape index (κ2) is 9.01. The fraction of sp³-hybridized carbons (Fsp3) is 0.0909. The molecule has 0 fully saturated rings. The molecule has 0 aliphatic heterocycles. The first-order chi connectivity index (χ1) is 13.1. The quantitative estimate of drug-likeness (QED) is 0.622. The molecule has 0 saturated heterocycles. The topological polar surface area (TPSA) is 58.2 Å². The van der Waals surface area contributed by atoms with Gasteiger partial charge < -0.3 is 10.6 Å². The molecular weight excluding hydrogens is 360 g/mol. The molecule has 3 rings (SSSR count). The molecule has 2 N–H and O–H groups in total. The molecule has 0 saturated carbocycles. The number of carbonyl (C=O) groups excluding carboxylic acids is 2. The number of nitrogens with one attached hydrogen (secondary N) is 2. The zero-order valence-corrected chi connectivity index (χ0v) is 15.4. The van der Waals surface area contributed by atoms with Crippen LogP contribution in [0.5, 0.6) is 0 Å². The van der Waals surface area contributed by atoms with E-state index in [1.165, 1.54) is 0 Å². The van der Waals surface area contributed by atoms with E-state index in [-0.39, 0.29) is 11.8 Å². The molecule has 4 nitrogen and oxygen atoms in total. The van der Waals surface area contributed by atoms with Gasteiger partial charge in [-0.15, -0.1) is 0 Å². The van der Waals surface area contributed by atoms with E-state index in [1.807, 2.05) is 30.3 Å². The van der Waals surface area contributed by atoms with Crippen molar-refractivity contribution in [1.82, 2.24) is 0 Å². The lowest BCUT2D eigenvalue weighted by Gasteiger charge is -2.08. The number of aryl methyl sites for hydroxylation is 1. The minimum atomic E-state index is -0.239. The van der Waals surface area contributed by atoms with Crippen molar-refractivity contribution in [3.63, 3.8) is 0 Å². The smallest absolute Gasteiger partial charge is 0.255 e. The molecule has 0 atom stereocenters. The summed E-state index contributed by atoms with van der Waals surface area (Å²) in [6.45, 7) is 0. The highest BCUT2D eigenvalue weighted by molar-refractivity contribution is 6.31. The predicted octanol–water partition coefficient (Wildman–Crippen LogP) is 5.16. The average molecular weight is 379 g/mol. The molecule has 3 aromatic rings. The first-order valence-corrected chi connectivity index (χ1v) is 8.99. The molecule has 0 aliphatic rings. The maximum atomic E-state index is 12.2. The lowest BCUT2D eigenvalue weighted by molar-refractivity contribution is -0.116. The van der Waals surface area contributed by atoms with Crippen LogP contribution in [0.3, 0.4) is 0 Å². The Morgan fingerprint density at radius 2 is 1.44 bits per heavy atom. The Balaban J connectivity index is 1.52. The number of benzene rings is 3. The molecule has 2 amide bonds. The first-order valence-electron chi connectivity index (χ1n) is 8.61. The van der Waals surface area contributed by atoms with E-state index >= 15 is 0 Å². The number of hydrogen-bond donors (Lipinski definition) is 2. The van der Waals surface area contributed by atoms with Gasteiger partial charge in [-0.3, -0.25) is 9.59 Å². The lowest BCUT2D eigenvalue weighted by Crippen LogP contribution is -2.13. The van der Waals surface area contributed by atoms with Gasteiger partial charge in [0.1, 0.15) is 0 Å². The monoisotopic (exact) mass is 378 g/mol. The van der Waals surface area contributed by atoms with Gasteiger partial charge >= 0.3 is 0 Å². The molecule has 5 heteroatoms. The van der Waals surface area contributed by atoms with Gasteiger partial charge in [-0.25, -0.2) is 0 Å². The third-order valence-corrected chi connectivity index (χ3v) is 4.23. The van der Waals surface area contributed by atoms with Crippen molar-refractivity contribution in [2.45, 2.75) is 12.8 Å². The van der Waals surface area contributed by atoms with E-state index in [1.54, 1.807) is 48.5 Å². The number of carbonyl (C=O) groups is 2. The van der Waals surface area contributed by atoms with Crippen molar-refractivity contribution in [2.75, 3.05) is 10.6 Å². The minimum Gasteiger partial charge on any atom is -0.326 e. The highest BCUT2D eigenvalue weighted by atomic mass is 35.5. The molecule has 0 heterocycles. The normalized spacial score (nSPS) is 10.3. The van der Waals surface area contributed by atoms with Gasteiger partial charge in [0.2, 0.25) is 5.91 Å². The van der Waals surface area contributed by atoms with Crippen LogP contribution in [0.4, 0.5) is 11.4 Å². The van der Waals surface area contributed by atoms with Crippen LogP contribution in [-0.4, -0.2) is 11.8 Å². The second-order valence-electron chi connectivity index (χ2n) is 6.08. The standard InChI is InChI=1S/C22H19ClN2O2/c23-18-8-4-7-17(15-18)22(27)25-20-12-10-19(11-13-20)24-21(26)14-9-16-5-2-1-3-6-16/h1-8,10-13,15H,9,14H2,(H,24,26)(H,25,27). The van der Waals surface area contributed by atoms with E-state index in [2.05, 4.69) is 10.6 Å². The van der Waals surface area contributed by atoms with Gasteiger partial charge in [0.15, 0.2) is 0 Å². The van der Waals surface area contributed by atoms with E-state index < -0.39 is 0 Å². The third-order valence-electron chi connectivity index (χ3n) is 4.00. The lowest BCUT2D eigenvalue weighted by atomic mass is 10.1. The summed E-state index contributed by atoms with van der Waals surface area (Å²) in [5.41, 5.74) is 2.95. The summed E-state index contributed by atoms with van der Waals surface area (Å²) in [7, 11) is 0. The SMILES string of the molecule is O=C(CCc1ccccc1)Nc1ccc(NC(=O)c2cccc(Cl)c2)cc1. The number of hydrogen-bond acceptors (Lipinski definition) is 2. The number of anilines is 2. The second-order valence-corrected chi connectivity index (χ2v) is 6.51. The zero-order chi connectivity index (χ0) is 19.1. The summed E-state index contributed by atoms with van der Waals surface area (Å²) < 4.78 is 0. The number of amides is 2. The third kappa shape index (κ3) is 5.69. The molecule has 0 bridgehead atoms. The first kappa shape index (κ1) is 18.7. The van der Waals surface area contributed by atoms with Crippen LogP contribution in [0.2, 0.25) is 5.02 Å². The van der Waals surface area contributed by atoms with Crippen molar-refractivity contribution in [1.29, 1.82) is 0 Å². The fourth-order valence-corrected chi connectivity index (χ4v) is 2.79. The fourth-order valence-electron chi connectivity index (χ4n) is 2.60. The van der Waals surface area contributed by atoms with Crippen LogP contribution in [0, 0.1) is 0 Å². The maximum Gasteiger partial charge on any atom is 0.255 e. The Morgan fingerprint density at radius 3 is 2.11 bits per heavy atom. The van der Waals surface area contributed by atoms with Gasteiger partial charge in [0.25, 0.3) is 5.91 Å². The largest absolute Gasteiger partial charge is 0.326 e. The number of rotatable bonds is 6. The molecule has 27 heavy (non-hydrogen) atoms. The van der Waals surface area contributed by atoms with Gasteiger partial charge in [-0.1, -0.05) is 48.0 Å². The van der Waals surface area contributed by atoms with Crippen molar-refractivity contribution in [3.05, 3.63) is 95.0 Å². The van der Waals surface area contributed by atoms with Crippen molar-refractivity contribution >= 4 is 34.8 Å². The Kier molecular flexibility index (Phi) is 6.23. The van der Waals surface area contributed by atoms with Crippen molar-refractivity contribution < 1.29 is 9.59 Å². The van der Waals surface area contributed by atoms with E-state index in [9.17, 15) is 9.59 Å². The van der Waals surface area contributed by atoms with Gasteiger partial charge in [0.05, 0.1) is 0 Å². The molecule has 0 aliphatic carbocycles. The van der Waals surface area contributed by atoms with E-state index in [0.717, 1.165) is 5.56 Å². The highest BCUT2D eigenvalue weighted by Gasteiger charge is 2.07. The Labute approximate surface area is 163 Å². The Bertz CT molecular complexity index is 925. The summed E-state index contributed by atoms with van der Waals surface area (Å²) in [6.07, 6.45) is 1.11. The molecule has 0 radical (unpaired) electrons. The van der Waals surface area contributed by atoms with Crippen molar-refractivity contribution in [3.8, 4) is 0 Å². The van der Waals surface area contributed by atoms with Crippen LogP contribution in [-0.2, 0) is 11.2 Å². The molecule has 136 valence electrons. The number of halogens is 1.